The summed E-state index contributed by atoms with van der Waals surface area (Å²) in [7, 11) is -3.20. The predicted octanol–water partition coefficient (Wildman–Crippen LogP) is 0.680. The SMILES string of the molecule is CCCN(CCC)C(=O)CS(C)(=O)=O. The molecule has 0 aliphatic rings. The molecule has 0 aliphatic carbocycles. The van der Waals surface area contributed by atoms with E-state index in [-0.39, 0.29) is 11.7 Å². The average Bonchev–Trinajstić information content (AvgIpc) is 2.01. The summed E-state index contributed by atoms with van der Waals surface area (Å²) in [6.45, 7) is 5.22. The molecular formula is C9H19NO3S. The molecule has 0 unspecified atom stereocenters. The molecule has 0 aromatic rings. The van der Waals surface area contributed by atoms with Crippen molar-refractivity contribution in [1.29, 1.82) is 0 Å². The lowest BCUT2D eigenvalue weighted by Gasteiger charge is -2.20. The Kier molecular flexibility index (Phi) is 5.76. The van der Waals surface area contributed by atoms with Gasteiger partial charge < -0.3 is 4.90 Å². The zero-order valence-corrected chi connectivity index (χ0v) is 9.93. The fourth-order valence-corrected chi connectivity index (χ4v) is 1.85. The lowest BCUT2D eigenvalue weighted by atomic mass is 10.3. The molecule has 0 saturated heterocycles. The monoisotopic (exact) mass is 221 g/mol. The molecule has 84 valence electrons. The summed E-state index contributed by atoms with van der Waals surface area (Å²) < 4.78 is 21.8. The van der Waals surface area contributed by atoms with Crippen LogP contribution in [0.25, 0.3) is 0 Å². The fraction of sp³-hybridized carbons (Fsp3) is 0.889. The maximum absolute atomic E-state index is 11.5. The largest absolute Gasteiger partial charge is 0.342 e. The molecule has 0 bridgehead atoms. The highest BCUT2D eigenvalue weighted by Crippen LogP contribution is 1.97. The van der Waals surface area contributed by atoms with Gasteiger partial charge in [0.05, 0.1) is 0 Å². The van der Waals surface area contributed by atoms with Crippen molar-refractivity contribution in [3.05, 3.63) is 0 Å². The highest BCUT2D eigenvalue weighted by Gasteiger charge is 2.16. The number of carbonyl (C=O) groups is 1. The van der Waals surface area contributed by atoms with E-state index in [1.807, 2.05) is 13.8 Å². The molecular weight excluding hydrogens is 202 g/mol. The van der Waals surface area contributed by atoms with Crippen LogP contribution in [0.2, 0.25) is 0 Å². The summed E-state index contributed by atoms with van der Waals surface area (Å²) in [6, 6.07) is 0. The highest BCUT2D eigenvalue weighted by molar-refractivity contribution is 7.91. The van der Waals surface area contributed by atoms with Crippen LogP contribution in [0.5, 0.6) is 0 Å². The number of nitrogens with zero attached hydrogens (tertiary/aromatic N) is 1. The van der Waals surface area contributed by atoms with Crippen molar-refractivity contribution >= 4 is 15.7 Å². The summed E-state index contributed by atoms with van der Waals surface area (Å²) >= 11 is 0. The zero-order chi connectivity index (χ0) is 11.2. The smallest absolute Gasteiger partial charge is 0.237 e. The van der Waals surface area contributed by atoms with Crippen LogP contribution in [0, 0.1) is 0 Å². The maximum atomic E-state index is 11.5. The summed E-state index contributed by atoms with van der Waals surface area (Å²) in [4.78, 5) is 13.1. The van der Waals surface area contributed by atoms with Crippen molar-refractivity contribution in [1.82, 2.24) is 4.90 Å². The summed E-state index contributed by atoms with van der Waals surface area (Å²) in [5, 5.41) is 0. The van der Waals surface area contributed by atoms with Gasteiger partial charge in [0.1, 0.15) is 5.75 Å². The summed E-state index contributed by atoms with van der Waals surface area (Å²) in [5.41, 5.74) is 0. The van der Waals surface area contributed by atoms with Crippen LogP contribution in [0.1, 0.15) is 26.7 Å². The number of carbonyl (C=O) groups excluding carboxylic acids is 1. The van der Waals surface area contributed by atoms with Gasteiger partial charge in [0.25, 0.3) is 0 Å². The maximum Gasteiger partial charge on any atom is 0.237 e. The van der Waals surface area contributed by atoms with Crippen LogP contribution < -0.4 is 0 Å². The van der Waals surface area contributed by atoms with E-state index in [0.29, 0.717) is 13.1 Å². The van der Waals surface area contributed by atoms with E-state index in [2.05, 4.69) is 0 Å². The van der Waals surface area contributed by atoms with Crippen molar-refractivity contribution in [2.75, 3.05) is 25.1 Å². The summed E-state index contributed by atoms with van der Waals surface area (Å²) in [6.07, 6.45) is 2.80. The zero-order valence-electron chi connectivity index (χ0n) is 9.12. The van der Waals surface area contributed by atoms with Crippen LogP contribution >= 0.6 is 0 Å². The number of rotatable bonds is 6. The Morgan fingerprint density at radius 2 is 1.57 bits per heavy atom. The second kappa shape index (κ2) is 6.01. The van der Waals surface area contributed by atoms with E-state index in [9.17, 15) is 13.2 Å². The number of hydrogen-bond acceptors (Lipinski definition) is 3. The van der Waals surface area contributed by atoms with Crippen LogP contribution in [0.15, 0.2) is 0 Å². The van der Waals surface area contributed by atoms with Gasteiger partial charge in [-0.3, -0.25) is 4.79 Å². The standard InChI is InChI=1S/C9H19NO3S/c1-4-6-10(7-5-2)9(11)8-14(3,12)13/h4-8H2,1-3H3. The lowest BCUT2D eigenvalue weighted by Crippen LogP contribution is -2.36. The molecule has 5 heteroatoms. The van der Waals surface area contributed by atoms with Crippen molar-refractivity contribution in [3.8, 4) is 0 Å². The molecule has 0 fully saturated rings. The predicted molar refractivity (Wildman–Crippen MR) is 56.9 cm³/mol. The quantitative estimate of drug-likeness (QED) is 0.662. The molecule has 4 nitrogen and oxygen atoms in total. The van der Waals surface area contributed by atoms with Gasteiger partial charge in [-0.25, -0.2) is 8.42 Å². The summed E-state index contributed by atoms with van der Waals surface area (Å²) in [5.74, 6) is -0.649. The first-order valence-electron chi connectivity index (χ1n) is 4.86. The minimum Gasteiger partial charge on any atom is -0.342 e. The molecule has 0 N–H and O–H groups in total. The molecule has 0 heterocycles. The van der Waals surface area contributed by atoms with Gasteiger partial charge in [0, 0.05) is 19.3 Å². The van der Waals surface area contributed by atoms with E-state index in [0.717, 1.165) is 19.1 Å². The normalized spacial score (nSPS) is 11.4. The van der Waals surface area contributed by atoms with Crippen LogP contribution in [0.3, 0.4) is 0 Å². The van der Waals surface area contributed by atoms with Gasteiger partial charge in [-0.1, -0.05) is 13.8 Å². The molecule has 0 rings (SSSR count). The van der Waals surface area contributed by atoms with Gasteiger partial charge >= 0.3 is 0 Å². The van der Waals surface area contributed by atoms with Gasteiger partial charge in [-0.15, -0.1) is 0 Å². The van der Waals surface area contributed by atoms with Crippen LogP contribution in [-0.4, -0.2) is 44.3 Å². The Morgan fingerprint density at radius 3 is 1.86 bits per heavy atom. The minimum absolute atomic E-state index is 0.281. The van der Waals surface area contributed by atoms with Gasteiger partial charge in [0.15, 0.2) is 9.84 Å². The molecule has 0 aromatic heterocycles. The first-order valence-corrected chi connectivity index (χ1v) is 6.92. The molecule has 0 radical (unpaired) electrons. The third-order valence-corrected chi connectivity index (χ3v) is 2.50. The minimum atomic E-state index is -3.20. The first kappa shape index (κ1) is 13.4. The third-order valence-electron chi connectivity index (χ3n) is 1.73. The molecule has 14 heavy (non-hydrogen) atoms. The van der Waals surface area contributed by atoms with E-state index in [1.54, 1.807) is 4.90 Å². The number of amides is 1. The Bertz CT molecular complexity index is 266. The van der Waals surface area contributed by atoms with Crippen molar-refractivity contribution < 1.29 is 13.2 Å². The van der Waals surface area contributed by atoms with Crippen LogP contribution in [0.4, 0.5) is 0 Å². The van der Waals surface area contributed by atoms with Gasteiger partial charge in [-0.05, 0) is 12.8 Å². The van der Waals surface area contributed by atoms with E-state index < -0.39 is 9.84 Å². The number of sulfone groups is 1. The number of hydrogen-bond donors (Lipinski definition) is 0. The van der Waals surface area contributed by atoms with Crippen molar-refractivity contribution in [2.45, 2.75) is 26.7 Å². The van der Waals surface area contributed by atoms with Crippen molar-refractivity contribution in [2.24, 2.45) is 0 Å². The van der Waals surface area contributed by atoms with Crippen LogP contribution in [-0.2, 0) is 14.6 Å². The average molecular weight is 221 g/mol. The Morgan fingerprint density at radius 1 is 1.14 bits per heavy atom. The first-order chi connectivity index (χ1) is 6.40. The molecule has 0 saturated carbocycles. The highest BCUT2D eigenvalue weighted by atomic mass is 32.2. The molecule has 0 aliphatic heterocycles. The lowest BCUT2D eigenvalue weighted by molar-refractivity contribution is -0.128. The topological polar surface area (TPSA) is 54.5 Å². The Balaban J connectivity index is 4.29. The van der Waals surface area contributed by atoms with Gasteiger partial charge in [-0.2, -0.15) is 0 Å². The molecule has 0 aromatic carbocycles. The van der Waals surface area contributed by atoms with Gasteiger partial charge in [0.2, 0.25) is 5.91 Å². The van der Waals surface area contributed by atoms with E-state index in [1.165, 1.54) is 0 Å². The second-order valence-electron chi connectivity index (χ2n) is 3.45. The molecule has 0 spiro atoms. The Labute approximate surface area is 86.2 Å². The molecule has 1 amide bonds. The Hall–Kier alpha value is -0.580. The van der Waals surface area contributed by atoms with Crippen molar-refractivity contribution in [3.63, 3.8) is 0 Å². The molecule has 0 atom stereocenters. The fourth-order valence-electron chi connectivity index (χ4n) is 1.22. The third kappa shape index (κ3) is 5.96. The second-order valence-corrected chi connectivity index (χ2v) is 5.59. The van der Waals surface area contributed by atoms with E-state index in [4.69, 9.17) is 0 Å². The van der Waals surface area contributed by atoms with E-state index >= 15 is 0 Å².